The molecule has 4 heteroatoms. The van der Waals surface area contributed by atoms with Crippen LogP contribution in [0.15, 0.2) is 0 Å². The quantitative estimate of drug-likeness (QED) is 0.600. The third kappa shape index (κ3) is 3.89. The zero-order valence-electron chi connectivity index (χ0n) is 6.16. The third-order valence-corrected chi connectivity index (χ3v) is 2.92. The van der Waals surface area contributed by atoms with Crippen molar-refractivity contribution in [1.29, 1.82) is 0 Å². The van der Waals surface area contributed by atoms with Gasteiger partial charge in [-0.15, -0.1) is 0 Å². The van der Waals surface area contributed by atoms with Crippen molar-refractivity contribution >= 4 is 11.8 Å². The molecule has 0 aliphatic heterocycles. The van der Waals surface area contributed by atoms with Crippen LogP contribution >= 0.6 is 11.8 Å². The van der Waals surface area contributed by atoms with Gasteiger partial charge in [0, 0.05) is 5.25 Å². The molecule has 11 heavy (non-hydrogen) atoms. The fourth-order valence-corrected chi connectivity index (χ4v) is 2.32. The zero-order valence-corrected chi connectivity index (χ0v) is 6.97. The maximum Gasteiger partial charge on any atom is 0.442 e. The lowest BCUT2D eigenvalue weighted by molar-refractivity contribution is -0.0335. The van der Waals surface area contributed by atoms with Crippen molar-refractivity contribution in [3.63, 3.8) is 0 Å². The summed E-state index contributed by atoms with van der Waals surface area (Å²) in [6, 6.07) is 0. The molecule has 0 N–H and O–H groups in total. The molecule has 0 nitrogen and oxygen atoms in total. The van der Waals surface area contributed by atoms with Crippen molar-refractivity contribution in [3.8, 4) is 0 Å². The molecule has 0 bridgehead atoms. The summed E-state index contributed by atoms with van der Waals surface area (Å²) in [4.78, 5) is 0. The second-order valence-corrected chi connectivity index (χ2v) is 4.19. The van der Waals surface area contributed by atoms with E-state index in [4.69, 9.17) is 0 Å². The Kier molecular flexibility index (Phi) is 3.10. The number of hydrogen-bond donors (Lipinski definition) is 0. The van der Waals surface area contributed by atoms with Gasteiger partial charge < -0.3 is 0 Å². The molecule has 0 spiro atoms. The molecule has 1 fully saturated rings. The summed E-state index contributed by atoms with van der Waals surface area (Å²) in [6.45, 7) is 0. The molecular formula is C7H11F3S. The van der Waals surface area contributed by atoms with Crippen molar-refractivity contribution in [2.45, 2.75) is 42.9 Å². The van der Waals surface area contributed by atoms with E-state index in [1.807, 2.05) is 0 Å². The van der Waals surface area contributed by atoms with Gasteiger partial charge >= 0.3 is 5.51 Å². The predicted molar refractivity (Wildman–Crippen MR) is 40.5 cm³/mol. The Labute approximate surface area is 68.5 Å². The lowest BCUT2D eigenvalue weighted by Crippen LogP contribution is -2.14. The molecule has 0 aromatic heterocycles. The lowest BCUT2D eigenvalue weighted by atomic mass is 10.0. The Morgan fingerprint density at radius 2 is 1.55 bits per heavy atom. The minimum Gasteiger partial charge on any atom is -0.160 e. The van der Waals surface area contributed by atoms with E-state index >= 15 is 0 Å². The summed E-state index contributed by atoms with van der Waals surface area (Å²) >= 11 is 0.178. The van der Waals surface area contributed by atoms with Crippen molar-refractivity contribution in [1.82, 2.24) is 0 Å². The van der Waals surface area contributed by atoms with Crippen molar-refractivity contribution in [2.75, 3.05) is 0 Å². The predicted octanol–water partition coefficient (Wildman–Crippen LogP) is 3.57. The van der Waals surface area contributed by atoms with Crippen molar-refractivity contribution < 1.29 is 13.2 Å². The van der Waals surface area contributed by atoms with Crippen LogP contribution in [0.2, 0.25) is 0 Å². The molecule has 1 aliphatic rings. The van der Waals surface area contributed by atoms with Gasteiger partial charge in [0.15, 0.2) is 0 Å². The maximum absolute atomic E-state index is 11.8. The molecule has 66 valence electrons. The summed E-state index contributed by atoms with van der Waals surface area (Å²) < 4.78 is 35.4. The van der Waals surface area contributed by atoms with Crippen LogP contribution in [-0.4, -0.2) is 10.8 Å². The molecule has 0 aromatic carbocycles. The molecule has 0 heterocycles. The first kappa shape index (κ1) is 9.23. The summed E-state index contributed by atoms with van der Waals surface area (Å²) in [5, 5.41) is -0.163. The number of halogens is 3. The Morgan fingerprint density at radius 3 is 2.00 bits per heavy atom. The van der Waals surface area contributed by atoms with Gasteiger partial charge in [-0.05, 0) is 24.6 Å². The van der Waals surface area contributed by atoms with Crippen molar-refractivity contribution in [3.05, 3.63) is 0 Å². The second-order valence-electron chi connectivity index (χ2n) is 2.82. The van der Waals surface area contributed by atoms with E-state index in [1.54, 1.807) is 0 Å². The first-order chi connectivity index (χ1) is 5.08. The van der Waals surface area contributed by atoms with E-state index in [1.165, 1.54) is 0 Å². The molecule has 0 radical (unpaired) electrons. The molecule has 1 rings (SSSR count). The number of thioether (sulfide) groups is 1. The van der Waals surface area contributed by atoms with Crippen LogP contribution in [0.3, 0.4) is 0 Å². The molecule has 0 amide bonds. The van der Waals surface area contributed by atoms with Gasteiger partial charge in [-0.25, -0.2) is 0 Å². The Hall–Kier alpha value is 0.140. The summed E-state index contributed by atoms with van der Waals surface area (Å²) in [5.74, 6) is 0. The molecule has 1 saturated carbocycles. The van der Waals surface area contributed by atoms with Crippen LogP contribution in [0.5, 0.6) is 0 Å². The largest absolute Gasteiger partial charge is 0.442 e. The number of alkyl halides is 3. The topological polar surface area (TPSA) is 0 Å². The zero-order chi connectivity index (χ0) is 8.32. The molecule has 1 aliphatic carbocycles. The average Bonchev–Trinajstić information content (AvgIpc) is 1.85. The van der Waals surface area contributed by atoms with E-state index in [0.29, 0.717) is 0 Å². The van der Waals surface area contributed by atoms with Gasteiger partial charge in [0.05, 0.1) is 0 Å². The van der Waals surface area contributed by atoms with Gasteiger partial charge in [-0.1, -0.05) is 19.3 Å². The average molecular weight is 184 g/mol. The monoisotopic (exact) mass is 184 g/mol. The first-order valence-electron chi connectivity index (χ1n) is 3.82. The lowest BCUT2D eigenvalue weighted by Gasteiger charge is -2.21. The van der Waals surface area contributed by atoms with E-state index in [-0.39, 0.29) is 17.0 Å². The highest BCUT2D eigenvalue weighted by Gasteiger charge is 2.33. The molecule has 0 aromatic rings. The first-order valence-corrected chi connectivity index (χ1v) is 4.70. The highest BCUT2D eigenvalue weighted by Crippen LogP contribution is 2.39. The van der Waals surface area contributed by atoms with Gasteiger partial charge in [-0.3, -0.25) is 0 Å². The van der Waals surface area contributed by atoms with Gasteiger partial charge in [-0.2, -0.15) is 13.2 Å². The van der Waals surface area contributed by atoms with Crippen molar-refractivity contribution in [2.24, 2.45) is 0 Å². The Morgan fingerprint density at radius 1 is 1.00 bits per heavy atom. The van der Waals surface area contributed by atoms with Crippen LogP contribution in [0.25, 0.3) is 0 Å². The SMILES string of the molecule is FC(F)(F)SC1CCCCC1. The van der Waals surface area contributed by atoms with Crippen LogP contribution in [0, 0.1) is 0 Å². The molecule has 0 saturated heterocycles. The van der Waals surface area contributed by atoms with E-state index < -0.39 is 5.51 Å². The van der Waals surface area contributed by atoms with Crippen LogP contribution in [-0.2, 0) is 0 Å². The number of hydrogen-bond acceptors (Lipinski definition) is 1. The maximum atomic E-state index is 11.8. The molecule has 0 atom stereocenters. The standard InChI is InChI=1S/C7H11F3S/c8-7(9,10)11-6-4-2-1-3-5-6/h6H,1-5H2. The Bertz CT molecular complexity index is 115. The minimum atomic E-state index is -4.03. The summed E-state index contributed by atoms with van der Waals surface area (Å²) in [6.07, 6.45) is 4.52. The fourth-order valence-electron chi connectivity index (χ4n) is 1.37. The minimum absolute atomic E-state index is 0.163. The second kappa shape index (κ2) is 3.70. The van der Waals surface area contributed by atoms with E-state index in [0.717, 1.165) is 32.1 Å². The molecule has 0 unspecified atom stereocenters. The third-order valence-electron chi connectivity index (χ3n) is 1.85. The fraction of sp³-hybridized carbons (Fsp3) is 1.00. The van der Waals surface area contributed by atoms with E-state index in [9.17, 15) is 13.2 Å². The van der Waals surface area contributed by atoms with Crippen LogP contribution in [0.4, 0.5) is 13.2 Å². The normalized spacial score (nSPS) is 22.1. The molecular weight excluding hydrogens is 173 g/mol. The summed E-state index contributed by atoms with van der Waals surface area (Å²) in [7, 11) is 0. The number of rotatable bonds is 1. The van der Waals surface area contributed by atoms with Gasteiger partial charge in [0.2, 0.25) is 0 Å². The van der Waals surface area contributed by atoms with Crippen LogP contribution < -0.4 is 0 Å². The Balaban J connectivity index is 2.24. The highest BCUT2D eigenvalue weighted by atomic mass is 32.2. The summed E-state index contributed by atoms with van der Waals surface area (Å²) in [5.41, 5.74) is -4.03. The van der Waals surface area contributed by atoms with Gasteiger partial charge in [0.1, 0.15) is 0 Å². The smallest absolute Gasteiger partial charge is 0.160 e. The van der Waals surface area contributed by atoms with Crippen LogP contribution in [0.1, 0.15) is 32.1 Å². The van der Waals surface area contributed by atoms with Gasteiger partial charge in [0.25, 0.3) is 0 Å². The highest BCUT2D eigenvalue weighted by molar-refractivity contribution is 8.00. The van der Waals surface area contributed by atoms with E-state index in [2.05, 4.69) is 0 Å².